The Morgan fingerprint density at radius 3 is 2.50 bits per heavy atom. The van der Waals surface area contributed by atoms with Crippen molar-refractivity contribution in [1.29, 1.82) is 0 Å². The molecule has 0 heterocycles. The summed E-state index contributed by atoms with van der Waals surface area (Å²) in [5.41, 5.74) is 0.326. The van der Waals surface area contributed by atoms with E-state index in [1.807, 2.05) is 13.8 Å². The van der Waals surface area contributed by atoms with E-state index in [0.29, 0.717) is 21.9 Å². The van der Waals surface area contributed by atoms with Gasteiger partial charge in [0.05, 0.1) is 27.8 Å². The number of hydrogen-bond donors (Lipinski definition) is 0. The van der Waals surface area contributed by atoms with Gasteiger partial charge in [0.1, 0.15) is 0 Å². The molecule has 0 saturated carbocycles. The van der Waals surface area contributed by atoms with Gasteiger partial charge in [-0.2, -0.15) is 0 Å². The van der Waals surface area contributed by atoms with Crippen molar-refractivity contribution in [2.24, 2.45) is 5.92 Å². The molecule has 0 saturated heterocycles. The molecule has 0 aromatic heterocycles. The maximum Gasteiger partial charge on any atom is 0.333 e. The molecule has 5 heteroatoms. The number of hydrogen-bond acceptors (Lipinski definition) is 3. The molecule has 1 unspecified atom stereocenters. The lowest BCUT2D eigenvalue weighted by molar-refractivity contribution is -0.136. The van der Waals surface area contributed by atoms with Crippen molar-refractivity contribution in [3.05, 3.63) is 41.4 Å². The van der Waals surface area contributed by atoms with E-state index < -0.39 is 16.8 Å². The normalized spacial score (nSPS) is 13.8. The molecule has 0 N–H and O–H groups in total. The first-order valence-corrected chi connectivity index (χ1v) is 7.88. The topological polar surface area (TPSA) is 43.4 Å². The minimum absolute atomic E-state index is 0.119. The Bertz CT molecular complexity index is 526. The van der Waals surface area contributed by atoms with Crippen LogP contribution in [0, 0.1) is 5.92 Å². The fourth-order valence-electron chi connectivity index (χ4n) is 1.80. The molecule has 1 aromatic rings. The van der Waals surface area contributed by atoms with Gasteiger partial charge in [0, 0.05) is 10.8 Å². The smallest absolute Gasteiger partial charge is 0.333 e. The molecule has 20 heavy (non-hydrogen) atoms. The zero-order valence-electron chi connectivity index (χ0n) is 11.9. The molecule has 0 spiro atoms. The van der Waals surface area contributed by atoms with E-state index in [-0.39, 0.29) is 11.2 Å². The molecule has 0 radical (unpaired) electrons. The van der Waals surface area contributed by atoms with Gasteiger partial charge < -0.3 is 4.74 Å². The van der Waals surface area contributed by atoms with Crippen molar-refractivity contribution in [3.63, 3.8) is 0 Å². The summed E-state index contributed by atoms with van der Waals surface area (Å²) in [6.07, 6.45) is 0.322. The fourth-order valence-corrected chi connectivity index (χ4v) is 3.81. The fraction of sp³-hybridized carbons (Fsp3) is 0.400. The van der Waals surface area contributed by atoms with Crippen molar-refractivity contribution in [2.75, 3.05) is 7.11 Å². The third kappa shape index (κ3) is 4.18. The predicted molar refractivity (Wildman–Crippen MR) is 82.3 cm³/mol. The number of carbonyl (C=O) groups is 1. The number of esters is 1. The number of ether oxygens (including phenoxy) is 1. The molecule has 3 nitrogen and oxygen atoms in total. The average Bonchev–Trinajstić information content (AvgIpc) is 2.43. The van der Waals surface area contributed by atoms with E-state index >= 15 is 0 Å². The molecular weight excluding hydrogens is 296 g/mol. The van der Waals surface area contributed by atoms with Crippen LogP contribution in [0.2, 0.25) is 5.02 Å². The second-order valence-electron chi connectivity index (χ2n) is 4.81. The van der Waals surface area contributed by atoms with Crippen LogP contribution in [-0.4, -0.2) is 22.5 Å². The largest absolute Gasteiger partial charge is 0.466 e. The zero-order valence-corrected chi connectivity index (χ0v) is 13.5. The highest BCUT2D eigenvalue weighted by Crippen LogP contribution is 2.27. The van der Waals surface area contributed by atoms with Gasteiger partial charge >= 0.3 is 5.97 Å². The molecule has 0 aliphatic carbocycles. The van der Waals surface area contributed by atoms with Gasteiger partial charge in [-0.3, -0.25) is 4.21 Å². The SMILES string of the molecule is C=C(C[C@@H](C(C)C)S(=O)c1ccccc1Cl)C(=O)OC. The molecule has 2 atom stereocenters. The highest BCUT2D eigenvalue weighted by molar-refractivity contribution is 7.85. The lowest BCUT2D eigenvalue weighted by atomic mass is 10.0. The first-order chi connectivity index (χ1) is 9.38. The molecule has 0 amide bonds. The molecule has 0 aliphatic heterocycles. The van der Waals surface area contributed by atoms with Crippen LogP contribution in [0.5, 0.6) is 0 Å². The van der Waals surface area contributed by atoms with Gasteiger partial charge in [0.15, 0.2) is 0 Å². The zero-order chi connectivity index (χ0) is 15.3. The lowest BCUT2D eigenvalue weighted by Crippen LogP contribution is -2.24. The summed E-state index contributed by atoms with van der Waals surface area (Å²) in [5.74, 6) is -0.347. The van der Waals surface area contributed by atoms with Gasteiger partial charge in [-0.25, -0.2) is 4.79 Å². The van der Waals surface area contributed by atoms with Crippen molar-refractivity contribution >= 4 is 28.4 Å². The van der Waals surface area contributed by atoms with Gasteiger partial charge in [0.25, 0.3) is 0 Å². The van der Waals surface area contributed by atoms with Crippen LogP contribution in [0.25, 0.3) is 0 Å². The number of carbonyl (C=O) groups excluding carboxylic acids is 1. The molecule has 0 aliphatic rings. The van der Waals surface area contributed by atoms with E-state index in [1.165, 1.54) is 7.11 Å². The van der Waals surface area contributed by atoms with E-state index in [4.69, 9.17) is 11.6 Å². The number of methoxy groups -OCH3 is 1. The highest BCUT2D eigenvalue weighted by Gasteiger charge is 2.26. The predicted octanol–water partition coefficient (Wildman–Crippen LogP) is 3.59. The minimum atomic E-state index is -1.30. The van der Waals surface area contributed by atoms with Crippen LogP contribution in [0.1, 0.15) is 20.3 Å². The Morgan fingerprint density at radius 2 is 2.00 bits per heavy atom. The summed E-state index contributed by atoms with van der Waals surface area (Å²) < 4.78 is 17.3. The van der Waals surface area contributed by atoms with E-state index in [2.05, 4.69) is 11.3 Å². The van der Waals surface area contributed by atoms with Crippen LogP contribution >= 0.6 is 11.6 Å². The second-order valence-corrected chi connectivity index (χ2v) is 6.86. The van der Waals surface area contributed by atoms with E-state index in [1.54, 1.807) is 24.3 Å². The molecule has 1 rings (SSSR count). The molecule has 110 valence electrons. The second kappa shape index (κ2) is 7.60. The van der Waals surface area contributed by atoms with Crippen LogP contribution in [-0.2, 0) is 20.3 Å². The summed E-state index contributed by atoms with van der Waals surface area (Å²) in [6.45, 7) is 7.63. The van der Waals surface area contributed by atoms with E-state index in [9.17, 15) is 9.00 Å². The summed E-state index contributed by atoms with van der Waals surface area (Å²) >= 11 is 6.09. The number of rotatable bonds is 6. The molecular formula is C15H19ClO3S. The average molecular weight is 315 g/mol. The summed E-state index contributed by atoms with van der Waals surface area (Å²) in [4.78, 5) is 12.0. The Morgan fingerprint density at radius 1 is 1.40 bits per heavy atom. The van der Waals surface area contributed by atoms with Crippen molar-refractivity contribution in [3.8, 4) is 0 Å². The molecule has 1 aromatic carbocycles. The number of benzene rings is 1. The Labute approximate surface area is 127 Å². The third-order valence-corrected chi connectivity index (χ3v) is 5.49. The third-order valence-electron chi connectivity index (χ3n) is 2.99. The van der Waals surface area contributed by atoms with Crippen LogP contribution < -0.4 is 0 Å². The van der Waals surface area contributed by atoms with Crippen molar-refractivity contribution < 1.29 is 13.7 Å². The Kier molecular flexibility index (Phi) is 6.43. The monoisotopic (exact) mass is 314 g/mol. The van der Waals surface area contributed by atoms with Gasteiger partial charge in [0.2, 0.25) is 0 Å². The van der Waals surface area contributed by atoms with Crippen molar-refractivity contribution in [1.82, 2.24) is 0 Å². The van der Waals surface area contributed by atoms with Crippen LogP contribution in [0.15, 0.2) is 41.3 Å². The van der Waals surface area contributed by atoms with Gasteiger partial charge in [-0.1, -0.05) is 44.2 Å². The molecule has 0 fully saturated rings. The quantitative estimate of drug-likeness (QED) is 0.595. The minimum Gasteiger partial charge on any atom is -0.466 e. The Hall–Kier alpha value is -1.13. The molecule has 0 bridgehead atoms. The highest BCUT2D eigenvalue weighted by atomic mass is 35.5. The van der Waals surface area contributed by atoms with Crippen LogP contribution in [0.3, 0.4) is 0 Å². The lowest BCUT2D eigenvalue weighted by Gasteiger charge is -2.21. The van der Waals surface area contributed by atoms with Gasteiger partial charge in [-0.15, -0.1) is 0 Å². The first-order valence-electron chi connectivity index (χ1n) is 6.29. The maximum atomic E-state index is 12.7. The van der Waals surface area contributed by atoms with Crippen LogP contribution in [0.4, 0.5) is 0 Å². The summed E-state index contributed by atoms with van der Waals surface area (Å²) in [5, 5.41) is 0.238. The standard InChI is InChI=1S/C15H19ClO3S/c1-10(2)14(9-11(3)15(17)19-4)20(18)13-8-6-5-7-12(13)16/h5-8,10,14H,3,9H2,1-2,4H3/t14-,20?/m0/s1. The van der Waals surface area contributed by atoms with E-state index in [0.717, 1.165) is 0 Å². The maximum absolute atomic E-state index is 12.7. The first kappa shape index (κ1) is 16.9. The Balaban J connectivity index is 2.98. The summed E-state index contributed by atoms with van der Waals surface area (Å²) in [7, 11) is 0.00592. The number of halogens is 1. The van der Waals surface area contributed by atoms with Crippen molar-refractivity contribution in [2.45, 2.75) is 30.4 Å². The van der Waals surface area contributed by atoms with Gasteiger partial charge in [-0.05, 0) is 24.5 Å². The summed E-state index contributed by atoms with van der Waals surface area (Å²) in [6, 6.07) is 7.04.